The standard InChI is InChI=1S/C45H80O6Si2/c1-32-34(28-35(50-52(15,16)42(5,6)7)29-38(32)51-53(17,18)43(8,9)10)25-24-33-22-21-27-45(13)36(23-19-20-26-44(11,12)48-31-47-14)39(30-37(33)45)49-40(46)41(2,3)4/h23-25,35,37-39H,1,19-22,26-31H2,2-18H3/b33-24-,34-25-,36-23+/t35-,37+,38+,39-,45-/m1/s1. The molecule has 0 aromatic carbocycles. The number of esters is 1. The van der Waals surface area contributed by atoms with Crippen LogP contribution in [0, 0.1) is 16.7 Å². The first-order valence-corrected chi connectivity index (χ1v) is 26.4. The van der Waals surface area contributed by atoms with Crippen LogP contribution in [0.4, 0.5) is 0 Å². The molecule has 0 heterocycles. The van der Waals surface area contributed by atoms with Crippen LogP contribution in [0.15, 0.2) is 47.1 Å². The summed E-state index contributed by atoms with van der Waals surface area (Å²) in [6.07, 6.45) is 15.7. The monoisotopic (exact) mass is 773 g/mol. The molecular formula is C45H80O6Si2. The van der Waals surface area contributed by atoms with E-state index in [4.69, 9.17) is 29.6 Å². The van der Waals surface area contributed by atoms with Crippen LogP contribution in [-0.4, -0.2) is 60.4 Å². The molecule has 0 amide bonds. The van der Waals surface area contributed by atoms with Gasteiger partial charge >= 0.3 is 5.97 Å². The third kappa shape index (κ3) is 11.6. The molecule has 5 atom stereocenters. The zero-order chi connectivity index (χ0) is 40.4. The molecule has 3 fully saturated rings. The molecule has 8 heteroatoms. The van der Waals surface area contributed by atoms with Crippen molar-refractivity contribution < 1.29 is 27.9 Å². The van der Waals surface area contributed by atoms with Crippen molar-refractivity contribution in [2.24, 2.45) is 16.7 Å². The molecule has 3 aliphatic rings. The van der Waals surface area contributed by atoms with Crippen LogP contribution in [0.25, 0.3) is 0 Å². The quantitative estimate of drug-likeness (QED) is 0.0611. The Labute approximate surface area is 328 Å². The Kier molecular flexibility index (Phi) is 14.8. The van der Waals surface area contributed by atoms with Crippen molar-refractivity contribution in [1.29, 1.82) is 0 Å². The predicted molar refractivity (Wildman–Crippen MR) is 227 cm³/mol. The van der Waals surface area contributed by atoms with Gasteiger partial charge in [0.2, 0.25) is 0 Å². The van der Waals surface area contributed by atoms with Crippen LogP contribution >= 0.6 is 0 Å². The van der Waals surface area contributed by atoms with Crippen LogP contribution < -0.4 is 0 Å². The Balaban J connectivity index is 1.99. The van der Waals surface area contributed by atoms with Crippen LogP contribution in [0.1, 0.15) is 141 Å². The van der Waals surface area contributed by atoms with Gasteiger partial charge in [-0.1, -0.05) is 78.8 Å². The highest BCUT2D eigenvalue weighted by atomic mass is 28.4. The molecule has 0 N–H and O–H groups in total. The summed E-state index contributed by atoms with van der Waals surface area (Å²) in [6.45, 7) is 40.8. The van der Waals surface area contributed by atoms with Gasteiger partial charge in [-0.15, -0.1) is 0 Å². The summed E-state index contributed by atoms with van der Waals surface area (Å²) < 4.78 is 31.7. The summed E-state index contributed by atoms with van der Waals surface area (Å²) in [6, 6.07) is 0. The zero-order valence-electron chi connectivity index (χ0n) is 37.3. The number of ether oxygens (including phenoxy) is 3. The van der Waals surface area contributed by atoms with Gasteiger partial charge < -0.3 is 23.1 Å². The summed E-state index contributed by atoms with van der Waals surface area (Å²) in [5.41, 5.74) is 4.27. The van der Waals surface area contributed by atoms with Gasteiger partial charge in [-0.25, -0.2) is 0 Å². The van der Waals surface area contributed by atoms with Gasteiger partial charge in [0.05, 0.1) is 23.2 Å². The van der Waals surface area contributed by atoms with Gasteiger partial charge in [0, 0.05) is 13.5 Å². The average Bonchev–Trinajstić information content (AvgIpc) is 3.28. The molecule has 0 spiro atoms. The molecule has 0 aromatic rings. The second kappa shape index (κ2) is 17.1. The van der Waals surface area contributed by atoms with Crippen LogP contribution in [0.3, 0.4) is 0 Å². The molecule has 0 bridgehead atoms. The van der Waals surface area contributed by atoms with Gasteiger partial charge in [-0.2, -0.15) is 0 Å². The topological polar surface area (TPSA) is 63.2 Å². The van der Waals surface area contributed by atoms with Gasteiger partial charge in [-0.05, 0) is 150 Å². The van der Waals surface area contributed by atoms with E-state index in [1.807, 2.05) is 20.8 Å². The van der Waals surface area contributed by atoms with Crippen LogP contribution in [-0.2, 0) is 27.9 Å². The fourth-order valence-electron chi connectivity index (χ4n) is 7.71. The van der Waals surface area contributed by atoms with Crippen molar-refractivity contribution in [1.82, 2.24) is 0 Å². The van der Waals surface area contributed by atoms with Gasteiger partial charge in [-0.3, -0.25) is 4.79 Å². The molecule has 304 valence electrons. The van der Waals surface area contributed by atoms with Crippen molar-refractivity contribution in [3.63, 3.8) is 0 Å². The highest BCUT2D eigenvalue weighted by Crippen LogP contribution is 2.58. The van der Waals surface area contributed by atoms with E-state index in [0.29, 0.717) is 12.7 Å². The highest BCUT2D eigenvalue weighted by molar-refractivity contribution is 6.74. The van der Waals surface area contributed by atoms with E-state index in [1.165, 1.54) is 16.7 Å². The van der Waals surface area contributed by atoms with E-state index in [-0.39, 0.29) is 45.4 Å². The first kappa shape index (κ1) is 46.1. The Hall–Kier alpha value is -1.30. The maximum absolute atomic E-state index is 13.3. The average molecular weight is 773 g/mol. The van der Waals surface area contributed by atoms with Crippen molar-refractivity contribution >= 4 is 22.6 Å². The van der Waals surface area contributed by atoms with Crippen molar-refractivity contribution in [3.05, 3.63) is 47.1 Å². The van der Waals surface area contributed by atoms with E-state index in [9.17, 15) is 4.79 Å². The smallest absolute Gasteiger partial charge is 0.311 e. The number of carbonyl (C=O) groups is 1. The lowest BCUT2D eigenvalue weighted by molar-refractivity contribution is -0.156. The minimum absolute atomic E-state index is 0.0484. The van der Waals surface area contributed by atoms with Gasteiger partial charge in [0.15, 0.2) is 16.6 Å². The molecule has 3 saturated carbocycles. The number of carbonyl (C=O) groups excluding carboxylic acids is 1. The minimum Gasteiger partial charge on any atom is -0.457 e. The molecule has 0 aliphatic heterocycles. The van der Waals surface area contributed by atoms with Gasteiger partial charge in [0.1, 0.15) is 12.9 Å². The lowest BCUT2D eigenvalue weighted by Gasteiger charge is -2.45. The number of methoxy groups -OCH3 is 1. The number of fused-ring (bicyclic) bond motifs is 1. The number of hydrogen-bond donors (Lipinski definition) is 0. The minimum atomic E-state index is -2.05. The zero-order valence-corrected chi connectivity index (χ0v) is 39.3. The highest BCUT2D eigenvalue weighted by Gasteiger charge is 2.52. The molecule has 0 saturated heterocycles. The number of rotatable bonds is 13. The fourth-order valence-corrected chi connectivity index (χ4v) is 10.4. The van der Waals surface area contributed by atoms with Crippen LogP contribution in [0.2, 0.25) is 36.3 Å². The Morgan fingerprint density at radius 1 is 0.887 bits per heavy atom. The summed E-state index contributed by atoms with van der Waals surface area (Å²) >= 11 is 0. The first-order chi connectivity index (χ1) is 24.0. The maximum Gasteiger partial charge on any atom is 0.311 e. The summed E-state index contributed by atoms with van der Waals surface area (Å²) in [5, 5.41) is 0.234. The fraction of sp³-hybridized carbons (Fsp3) is 0.800. The largest absolute Gasteiger partial charge is 0.457 e. The summed E-state index contributed by atoms with van der Waals surface area (Å²) in [5.74, 6) is 0.186. The lowest BCUT2D eigenvalue weighted by Crippen LogP contribution is -2.49. The van der Waals surface area contributed by atoms with Crippen molar-refractivity contribution in [2.75, 3.05) is 13.9 Å². The third-order valence-corrected chi connectivity index (χ3v) is 22.4. The molecule has 0 unspecified atom stereocenters. The lowest BCUT2D eigenvalue weighted by atomic mass is 9.65. The van der Waals surface area contributed by atoms with Crippen LogP contribution in [0.5, 0.6) is 0 Å². The normalized spacial score (nSPS) is 28.9. The predicted octanol–water partition coefficient (Wildman–Crippen LogP) is 12.6. The Bertz CT molecular complexity index is 1380. The molecule has 0 aromatic heterocycles. The van der Waals surface area contributed by atoms with E-state index in [2.05, 4.69) is 107 Å². The van der Waals surface area contributed by atoms with Crippen molar-refractivity contribution in [2.45, 2.75) is 201 Å². The Morgan fingerprint density at radius 2 is 1.49 bits per heavy atom. The molecule has 3 rings (SSSR count). The van der Waals surface area contributed by atoms with E-state index < -0.39 is 22.0 Å². The second-order valence-electron chi connectivity index (χ2n) is 21.3. The first-order valence-electron chi connectivity index (χ1n) is 20.5. The van der Waals surface area contributed by atoms with Crippen molar-refractivity contribution in [3.8, 4) is 0 Å². The number of unbranched alkanes of at least 4 members (excludes halogenated alkanes) is 1. The van der Waals surface area contributed by atoms with Gasteiger partial charge in [0.25, 0.3) is 0 Å². The third-order valence-electron chi connectivity index (χ3n) is 13.3. The van der Waals surface area contributed by atoms with E-state index in [1.54, 1.807) is 7.11 Å². The maximum atomic E-state index is 13.3. The Morgan fingerprint density at radius 3 is 2.06 bits per heavy atom. The summed E-state index contributed by atoms with van der Waals surface area (Å²) in [7, 11) is -2.39. The number of hydrogen-bond acceptors (Lipinski definition) is 6. The SMILES string of the molecule is C=C1/C(=C\C=C2\CCC[C@]3(C)/C(=C/CCCC(C)(C)OCOC)[C@H](OC(=O)C(C)(C)C)C[C@@H]23)C[C@@H](O[Si](C)(C)C(C)(C)C)C[C@@H]1O[Si](C)(C)C(C)(C)C. The number of allylic oxidation sites excluding steroid dienone is 4. The molecule has 53 heavy (non-hydrogen) atoms. The van der Waals surface area contributed by atoms with E-state index >= 15 is 0 Å². The summed E-state index contributed by atoms with van der Waals surface area (Å²) in [4.78, 5) is 13.3. The van der Waals surface area contributed by atoms with E-state index in [0.717, 1.165) is 63.4 Å². The molecular weight excluding hydrogens is 693 g/mol. The molecule has 0 radical (unpaired) electrons. The second-order valence-corrected chi connectivity index (χ2v) is 30.8. The molecule has 3 aliphatic carbocycles. The molecule has 6 nitrogen and oxygen atoms in total.